The molecule has 2 rings (SSSR count). The van der Waals surface area contributed by atoms with E-state index in [2.05, 4.69) is 5.32 Å². The van der Waals surface area contributed by atoms with E-state index in [4.69, 9.17) is 25.8 Å². The Kier molecular flexibility index (Phi) is 6.80. The molecule has 0 saturated carbocycles. The molecule has 0 aromatic heterocycles. The number of nitrogens with one attached hydrogen (secondary N) is 1. The molecule has 0 heterocycles. The fraction of sp³-hybridized carbons (Fsp3) is 0.211. The van der Waals surface area contributed by atoms with Gasteiger partial charge in [-0.05, 0) is 29.8 Å². The summed E-state index contributed by atoms with van der Waals surface area (Å²) in [6.07, 6.45) is -2.24. The summed E-state index contributed by atoms with van der Waals surface area (Å²) in [5, 5.41) is 2.66. The molecule has 0 radical (unpaired) electrons. The average Bonchev–Trinajstić information content (AvgIpc) is 2.65. The van der Waals surface area contributed by atoms with Gasteiger partial charge in [-0.3, -0.25) is 4.79 Å². The van der Waals surface area contributed by atoms with Crippen molar-refractivity contribution in [2.45, 2.75) is 6.18 Å². The van der Waals surface area contributed by atoms with E-state index in [1.165, 1.54) is 39.5 Å². The molecule has 1 amide bonds. The van der Waals surface area contributed by atoms with Crippen LogP contribution in [0.25, 0.3) is 6.08 Å². The summed E-state index contributed by atoms with van der Waals surface area (Å²) in [5.74, 6) is 0.446. The third-order valence-electron chi connectivity index (χ3n) is 3.67. The van der Waals surface area contributed by atoms with Crippen LogP contribution in [0.1, 0.15) is 11.1 Å². The Balaban J connectivity index is 2.23. The van der Waals surface area contributed by atoms with Crippen molar-refractivity contribution < 1.29 is 32.2 Å². The van der Waals surface area contributed by atoms with Crippen molar-refractivity contribution in [3.63, 3.8) is 0 Å². The summed E-state index contributed by atoms with van der Waals surface area (Å²) >= 11 is 5.91. The predicted molar refractivity (Wildman–Crippen MR) is 100 cm³/mol. The van der Waals surface area contributed by atoms with Gasteiger partial charge in [0.25, 0.3) is 0 Å². The van der Waals surface area contributed by atoms with Crippen LogP contribution in [0.4, 0.5) is 18.9 Å². The first-order valence-corrected chi connectivity index (χ1v) is 8.23. The number of carbonyl (C=O) groups excluding carboxylic acids is 1. The molecular weight excluding hydrogens is 399 g/mol. The van der Waals surface area contributed by atoms with Crippen LogP contribution in [0.2, 0.25) is 5.02 Å². The molecular formula is C19H17ClF3NO4. The molecule has 0 atom stereocenters. The molecule has 0 unspecified atom stereocenters. The van der Waals surface area contributed by atoms with Gasteiger partial charge in [0.2, 0.25) is 11.7 Å². The fourth-order valence-corrected chi connectivity index (χ4v) is 2.53. The van der Waals surface area contributed by atoms with Crippen LogP contribution in [0.15, 0.2) is 36.4 Å². The Morgan fingerprint density at radius 3 is 2.14 bits per heavy atom. The number of methoxy groups -OCH3 is 3. The monoisotopic (exact) mass is 415 g/mol. The lowest BCUT2D eigenvalue weighted by Gasteiger charge is -2.14. The number of hydrogen-bond acceptors (Lipinski definition) is 4. The summed E-state index contributed by atoms with van der Waals surface area (Å²) in [6.45, 7) is 0. The minimum absolute atomic E-state index is 0.0662. The molecule has 0 saturated heterocycles. The van der Waals surface area contributed by atoms with E-state index in [-0.39, 0.29) is 10.6 Å². The van der Waals surface area contributed by atoms with Gasteiger partial charge in [0, 0.05) is 28.9 Å². The second kappa shape index (κ2) is 8.88. The number of alkyl halides is 3. The maximum Gasteiger partial charge on any atom is 0.416 e. The molecule has 5 nitrogen and oxygen atoms in total. The maximum absolute atomic E-state index is 12.8. The summed E-state index contributed by atoms with van der Waals surface area (Å²) in [4.78, 5) is 12.2. The van der Waals surface area contributed by atoms with Gasteiger partial charge in [0.05, 0.1) is 26.9 Å². The molecule has 150 valence electrons. The lowest BCUT2D eigenvalue weighted by atomic mass is 10.1. The molecule has 0 spiro atoms. The molecule has 0 aliphatic heterocycles. The second-order valence-corrected chi connectivity index (χ2v) is 5.88. The summed E-state index contributed by atoms with van der Waals surface area (Å²) < 4.78 is 54.0. The summed E-state index contributed by atoms with van der Waals surface area (Å²) in [6, 6.07) is 5.90. The number of benzene rings is 2. The number of amides is 1. The number of hydrogen-bond donors (Lipinski definition) is 1. The van der Waals surface area contributed by atoms with E-state index in [1.54, 1.807) is 0 Å². The lowest BCUT2D eigenvalue weighted by molar-refractivity contribution is -0.137. The molecule has 0 bridgehead atoms. The highest BCUT2D eigenvalue weighted by molar-refractivity contribution is 6.32. The van der Waals surface area contributed by atoms with Crippen molar-refractivity contribution in [1.29, 1.82) is 0 Å². The molecule has 0 fully saturated rings. The first kappa shape index (κ1) is 21.4. The van der Waals surface area contributed by atoms with Crippen LogP contribution in [0.3, 0.4) is 0 Å². The van der Waals surface area contributed by atoms with Gasteiger partial charge >= 0.3 is 6.18 Å². The van der Waals surface area contributed by atoms with Gasteiger partial charge in [0.1, 0.15) is 0 Å². The molecule has 0 aliphatic carbocycles. The molecule has 1 N–H and O–H groups in total. The van der Waals surface area contributed by atoms with E-state index in [0.717, 1.165) is 24.3 Å². The lowest BCUT2D eigenvalue weighted by Crippen LogP contribution is -2.09. The van der Waals surface area contributed by atoms with Crippen molar-refractivity contribution in [2.75, 3.05) is 26.6 Å². The van der Waals surface area contributed by atoms with Crippen LogP contribution in [-0.4, -0.2) is 27.2 Å². The fourth-order valence-electron chi connectivity index (χ4n) is 2.35. The highest BCUT2D eigenvalue weighted by atomic mass is 35.5. The smallest absolute Gasteiger partial charge is 0.416 e. The zero-order chi connectivity index (χ0) is 20.9. The quantitative estimate of drug-likeness (QED) is 0.672. The Bertz CT molecular complexity index is 872. The maximum atomic E-state index is 12.8. The Morgan fingerprint density at radius 1 is 1.04 bits per heavy atom. The molecule has 2 aromatic carbocycles. The highest BCUT2D eigenvalue weighted by Crippen LogP contribution is 2.40. The summed E-state index contributed by atoms with van der Waals surface area (Å²) in [7, 11) is 4.30. The number of anilines is 1. The van der Waals surface area contributed by atoms with Gasteiger partial charge in [-0.15, -0.1) is 0 Å². The van der Waals surface area contributed by atoms with Crippen LogP contribution >= 0.6 is 11.6 Å². The van der Waals surface area contributed by atoms with Gasteiger partial charge < -0.3 is 19.5 Å². The van der Waals surface area contributed by atoms with Crippen molar-refractivity contribution in [1.82, 2.24) is 0 Å². The molecule has 2 aromatic rings. The number of carbonyl (C=O) groups is 1. The van der Waals surface area contributed by atoms with E-state index >= 15 is 0 Å². The van der Waals surface area contributed by atoms with Gasteiger partial charge in [0.15, 0.2) is 11.5 Å². The van der Waals surface area contributed by atoms with Crippen molar-refractivity contribution >= 4 is 29.3 Å². The SMILES string of the molecule is COc1cc(NC(=O)/C=C/c2cc(C(F)(F)F)ccc2Cl)cc(OC)c1OC. The second-order valence-electron chi connectivity index (χ2n) is 5.47. The Hall–Kier alpha value is -2.87. The standard InChI is InChI=1S/C19H17ClF3NO4/c1-26-15-9-13(10-16(27-2)18(15)28-3)24-17(25)7-4-11-8-12(19(21,22)23)5-6-14(11)20/h4-10H,1-3H3,(H,24,25)/b7-4+. The van der Waals surface area contributed by atoms with Crippen LogP contribution in [-0.2, 0) is 11.0 Å². The normalized spacial score (nSPS) is 11.4. The van der Waals surface area contributed by atoms with Gasteiger partial charge in [-0.2, -0.15) is 13.2 Å². The summed E-state index contributed by atoms with van der Waals surface area (Å²) in [5.41, 5.74) is -0.447. The molecule has 9 heteroatoms. The van der Waals surface area contributed by atoms with E-state index in [1.807, 2.05) is 0 Å². The zero-order valence-corrected chi connectivity index (χ0v) is 15.9. The first-order valence-electron chi connectivity index (χ1n) is 7.85. The van der Waals surface area contributed by atoms with Gasteiger partial charge in [-0.1, -0.05) is 11.6 Å². The van der Waals surface area contributed by atoms with Crippen molar-refractivity contribution in [2.24, 2.45) is 0 Å². The van der Waals surface area contributed by atoms with Crippen LogP contribution < -0.4 is 19.5 Å². The van der Waals surface area contributed by atoms with Crippen molar-refractivity contribution in [3.05, 3.63) is 52.6 Å². The number of ether oxygens (including phenoxy) is 3. The predicted octanol–water partition coefficient (Wildman–Crippen LogP) is 5.04. The third-order valence-corrected chi connectivity index (χ3v) is 4.01. The minimum Gasteiger partial charge on any atom is -0.493 e. The molecule has 0 aliphatic rings. The largest absolute Gasteiger partial charge is 0.493 e. The number of halogens is 4. The van der Waals surface area contributed by atoms with E-state index in [0.29, 0.717) is 22.9 Å². The Labute approximate surface area is 164 Å². The van der Waals surface area contributed by atoms with E-state index in [9.17, 15) is 18.0 Å². The van der Waals surface area contributed by atoms with Crippen molar-refractivity contribution in [3.8, 4) is 17.2 Å². The van der Waals surface area contributed by atoms with Crippen LogP contribution in [0.5, 0.6) is 17.2 Å². The average molecular weight is 416 g/mol. The first-order chi connectivity index (χ1) is 13.2. The Morgan fingerprint density at radius 2 is 1.64 bits per heavy atom. The van der Waals surface area contributed by atoms with Gasteiger partial charge in [-0.25, -0.2) is 0 Å². The minimum atomic E-state index is -4.51. The third kappa shape index (κ3) is 5.10. The van der Waals surface area contributed by atoms with E-state index < -0.39 is 17.6 Å². The molecule has 28 heavy (non-hydrogen) atoms. The highest BCUT2D eigenvalue weighted by Gasteiger charge is 2.30. The zero-order valence-electron chi connectivity index (χ0n) is 15.2. The topological polar surface area (TPSA) is 56.8 Å². The number of rotatable bonds is 6. The van der Waals surface area contributed by atoms with Crippen LogP contribution in [0, 0.1) is 0 Å².